The number of methoxy groups -OCH3 is 1. The van der Waals surface area contributed by atoms with Crippen molar-refractivity contribution in [3.05, 3.63) is 89.0 Å². The number of aromatic nitrogens is 3. The summed E-state index contributed by atoms with van der Waals surface area (Å²) in [6.45, 7) is 1.63. The third-order valence-corrected chi connectivity index (χ3v) is 8.15. The summed E-state index contributed by atoms with van der Waals surface area (Å²) in [5.74, 6) is 0.813. The summed E-state index contributed by atoms with van der Waals surface area (Å²) < 4.78 is 7.02. The van der Waals surface area contributed by atoms with Crippen molar-refractivity contribution in [2.45, 2.75) is 37.9 Å². The Kier molecular flexibility index (Phi) is 7.21. The third-order valence-electron chi connectivity index (χ3n) is 8.15. The maximum Gasteiger partial charge on any atom is 0.245 e. The molecule has 2 N–H and O–H groups in total. The van der Waals surface area contributed by atoms with E-state index in [1.54, 1.807) is 16.7 Å². The Labute approximate surface area is 233 Å². The standard InChI is InChI=1S/C31H34N6O3/c1-36-27-12-9-21(16-26(27)34-35-36)18-33-30(38)28-17-22(15-20-7-10-24(40-2)11-8-20)19-37(28)31(39)29-25-6-4-3-5-23(25)13-14-32-29/h3-12,16,22,28-29,32H,13-15,17-19H2,1-2H3,(H,33,38). The Morgan fingerprint density at radius 3 is 2.70 bits per heavy atom. The summed E-state index contributed by atoms with van der Waals surface area (Å²) in [6, 6.07) is 21.0. The lowest BCUT2D eigenvalue weighted by Crippen LogP contribution is -2.50. The Balaban J connectivity index is 1.21. The van der Waals surface area contributed by atoms with Gasteiger partial charge in [-0.2, -0.15) is 0 Å². The predicted molar refractivity (Wildman–Crippen MR) is 152 cm³/mol. The summed E-state index contributed by atoms with van der Waals surface area (Å²) in [4.78, 5) is 29.5. The van der Waals surface area contributed by atoms with Crippen LogP contribution in [0.5, 0.6) is 5.75 Å². The van der Waals surface area contributed by atoms with Crippen molar-refractivity contribution in [3.63, 3.8) is 0 Å². The second-order valence-corrected chi connectivity index (χ2v) is 10.8. The lowest BCUT2D eigenvalue weighted by Gasteiger charge is -2.32. The highest BCUT2D eigenvalue weighted by molar-refractivity contribution is 5.91. The highest BCUT2D eigenvalue weighted by Gasteiger charge is 2.42. The second-order valence-electron chi connectivity index (χ2n) is 10.8. The molecule has 9 nitrogen and oxygen atoms in total. The SMILES string of the molecule is COc1ccc(CC2CC(C(=O)NCc3ccc4c(c3)nnn4C)N(C(=O)C3NCCc4ccccc43)C2)cc1. The largest absolute Gasteiger partial charge is 0.497 e. The van der Waals surface area contributed by atoms with Gasteiger partial charge in [-0.15, -0.1) is 5.10 Å². The summed E-state index contributed by atoms with van der Waals surface area (Å²) >= 11 is 0. The van der Waals surface area contributed by atoms with Crippen molar-refractivity contribution in [1.29, 1.82) is 0 Å². The molecule has 6 rings (SSSR count). The molecule has 206 valence electrons. The number of carbonyl (C=O) groups is 2. The van der Waals surface area contributed by atoms with Crippen LogP contribution in [0.25, 0.3) is 11.0 Å². The predicted octanol–water partition coefficient (Wildman–Crippen LogP) is 2.94. The highest BCUT2D eigenvalue weighted by atomic mass is 16.5. The molecule has 2 amide bonds. The van der Waals surface area contributed by atoms with E-state index in [0.717, 1.165) is 52.9 Å². The van der Waals surface area contributed by atoms with Crippen LogP contribution in [0.15, 0.2) is 66.7 Å². The van der Waals surface area contributed by atoms with E-state index in [2.05, 4.69) is 39.1 Å². The first-order valence-electron chi connectivity index (χ1n) is 13.8. The van der Waals surface area contributed by atoms with Gasteiger partial charge >= 0.3 is 0 Å². The zero-order valence-corrected chi connectivity index (χ0v) is 22.8. The molecule has 9 heteroatoms. The minimum absolute atomic E-state index is 0.0366. The number of nitrogens with one attached hydrogen (secondary N) is 2. The van der Waals surface area contributed by atoms with Gasteiger partial charge in [0.15, 0.2) is 0 Å². The molecule has 3 atom stereocenters. The van der Waals surface area contributed by atoms with E-state index in [9.17, 15) is 9.59 Å². The van der Waals surface area contributed by atoms with Crippen LogP contribution in [0.3, 0.4) is 0 Å². The van der Waals surface area contributed by atoms with Gasteiger partial charge in [-0.3, -0.25) is 9.59 Å². The Morgan fingerprint density at radius 2 is 1.88 bits per heavy atom. The summed E-state index contributed by atoms with van der Waals surface area (Å²) in [6.07, 6.45) is 2.29. The maximum atomic E-state index is 14.0. The fourth-order valence-electron chi connectivity index (χ4n) is 6.05. The van der Waals surface area contributed by atoms with Gasteiger partial charge in [-0.05, 0) is 71.7 Å². The lowest BCUT2D eigenvalue weighted by atomic mass is 9.93. The van der Waals surface area contributed by atoms with Crippen molar-refractivity contribution in [2.24, 2.45) is 13.0 Å². The van der Waals surface area contributed by atoms with Crippen molar-refractivity contribution in [1.82, 2.24) is 30.5 Å². The number of benzene rings is 3. The number of fused-ring (bicyclic) bond motifs is 2. The molecular formula is C31H34N6O3. The summed E-state index contributed by atoms with van der Waals surface area (Å²) in [5.41, 5.74) is 6.02. The summed E-state index contributed by atoms with van der Waals surface area (Å²) in [7, 11) is 3.51. The number of amides is 2. The average molecular weight is 539 g/mol. The molecule has 3 aromatic carbocycles. The quantitative estimate of drug-likeness (QED) is 0.375. The van der Waals surface area contributed by atoms with Gasteiger partial charge in [0, 0.05) is 26.7 Å². The van der Waals surface area contributed by atoms with Gasteiger partial charge < -0.3 is 20.3 Å². The molecule has 0 radical (unpaired) electrons. The van der Waals surface area contributed by atoms with E-state index in [0.29, 0.717) is 19.5 Å². The maximum absolute atomic E-state index is 14.0. The van der Waals surface area contributed by atoms with Gasteiger partial charge in [0.1, 0.15) is 23.3 Å². The van der Waals surface area contributed by atoms with Crippen molar-refractivity contribution in [3.8, 4) is 5.75 Å². The third kappa shape index (κ3) is 5.16. The van der Waals surface area contributed by atoms with Crippen LogP contribution < -0.4 is 15.4 Å². The van der Waals surface area contributed by atoms with Crippen LogP contribution in [0, 0.1) is 5.92 Å². The van der Waals surface area contributed by atoms with Gasteiger partial charge in [0.05, 0.1) is 12.6 Å². The molecule has 2 aliphatic heterocycles. The monoisotopic (exact) mass is 538 g/mol. The van der Waals surface area contributed by atoms with Crippen LogP contribution >= 0.6 is 0 Å². The molecule has 4 aromatic rings. The molecular weight excluding hydrogens is 504 g/mol. The zero-order valence-electron chi connectivity index (χ0n) is 22.8. The second kappa shape index (κ2) is 11.1. The van der Waals surface area contributed by atoms with Crippen molar-refractivity contribution in [2.75, 3.05) is 20.2 Å². The molecule has 1 aromatic heterocycles. The molecule has 0 bridgehead atoms. The van der Waals surface area contributed by atoms with E-state index >= 15 is 0 Å². The number of nitrogens with zero attached hydrogens (tertiary/aromatic N) is 4. The minimum Gasteiger partial charge on any atom is -0.497 e. The molecule has 2 aliphatic rings. The van der Waals surface area contributed by atoms with Crippen LogP contribution in [0.1, 0.15) is 34.7 Å². The molecule has 3 unspecified atom stereocenters. The summed E-state index contributed by atoms with van der Waals surface area (Å²) in [5, 5.41) is 14.7. The highest BCUT2D eigenvalue weighted by Crippen LogP contribution is 2.32. The van der Waals surface area contributed by atoms with E-state index < -0.39 is 12.1 Å². The van der Waals surface area contributed by atoms with E-state index in [4.69, 9.17) is 4.74 Å². The van der Waals surface area contributed by atoms with Gasteiger partial charge in [0.2, 0.25) is 11.8 Å². The molecule has 1 fully saturated rings. The number of hydrogen-bond acceptors (Lipinski definition) is 6. The number of ether oxygens (including phenoxy) is 1. The van der Waals surface area contributed by atoms with Crippen LogP contribution in [-0.2, 0) is 36.0 Å². The van der Waals surface area contributed by atoms with Crippen LogP contribution in [0.2, 0.25) is 0 Å². The fourth-order valence-corrected chi connectivity index (χ4v) is 6.05. The fraction of sp³-hybridized carbons (Fsp3) is 0.355. The van der Waals surface area contributed by atoms with Gasteiger partial charge in [-0.1, -0.05) is 47.7 Å². The number of hydrogen-bond donors (Lipinski definition) is 2. The molecule has 1 saturated heterocycles. The Bertz CT molecular complexity index is 1530. The minimum atomic E-state index is -0.535. The topological polar surface area (TPSA) is 101 Å². The average Bonchev–Trinajstić information content (AvgIpc) is 3.58. The molecule has 3 heterocycles. The first-order valence-corrected chi connectivity index (χ1v) is 13.8. The Hall–Kier alpha value is -4.24. The number of likely N-dealkylation sites (tertiary alicyclic amines) is 1. The van der Waals surface area contributed by atoms with E-state index in [1.165, 1.54) is 5.56 Å². The number of aryl methyl sites for hydroxylation is 1. The van der Waals surface area contributed by atoms with Crippen molar-refractivity contribution < 1.29 is 14.3 Å². The lowest BCUT2D eigenvalue weighted by molar-refractivity contribution is -0.140. The molecule has 0 aliphatic carbocycles. The van der Waals surface area contributed by atoms with E-state index in [-0.39, 0.29) is 17.7 Å². The van der Waals surface area contributed by atoms with Crippen LogP contribution in [-0.4, -0.2) is 57.9 Å². The zero-order chi connectivity index (χ0) is 27.6. The van der Waals surface area contributed by atoms with E-state index in [1.807, 2.05) is 55.6 Å². The van der Waals surface area contributed by atoms with Gasteiger partial charge in [0.25, 0.3) is 0 Å². The smallest absolute Gasteiger partial charge is 0.245 e. The molecule has 40 heavy (non-hydrogen) atoms. The first kappa shape index (κ1) is 26.0. The van der Waals surface area contributed by atoms with Gasteiger partial charge in [-0.25, -0.2) is 4.68 Å². The number of carbonyl (C=O) groups excluding carboxylic acids is 2. The van der Waals surface area contributed by atoms with Crippen LogP contribution in [0.4, 0.5) is 0 Å². The Morgan fingerprint density at radius 1 is 1.07 bits per heavy atom. The molecule has 0 saturated carbocycles. The number of rotatable bonds is 7. The molecule has 0 spiro atoms. The first-order chi connectivity index (χ1) is 19.5. The normalized spacial score (nSPS) is 20.4. The van der Waals surface area contributed by atoms with Crippen molar-refractivity contribution >= 4 is 22.8 Å².